The van der Waals surface area contributed by atoms with E-state index in [1.807, 2.05) is 0 Å². The molecule has 0 bridgehead atoms. The summed E-state index contributed by atoms with van der Waals surface area (Å²) < 4.78 is 0. The largest absolute Gasteiger partial charge is 0.316 e. The van der Waals surface area contributed by atoms with Gasteiger partial charge in [0.25, 0.3) is 0 Å². The second kappa shape index (κ2) is 6.47. The van der Waals surface area contributed by atoms with Gasteiger partial charge in [0, 0.05) is 0 Å². The molecule has 1 nitrogen and oxygen atoms in total. The number of hydrogen-bond donors (Lipinski definition) is 1. The molecule has 1 rings (SSSR count). The zero-order valence-electron chi connectivity index (χ0n) is 8.44. The van der Waals surface area contributed by atoms with Crippen LogP contribution in [0.1, 0.15) is 51.9 Å². The highest BCUT2D eigenvalue weighted by atomic mass is 14.8. The third kappa shape index (κ3) is 4.76. The van der Waals surface area contributed by atoms with Crippen molar-refractivity contribution in [1.82, 2.24) is 5.32 Å². The third-order valence-electron chi connectivity index (χ3n) is 2.79. The van der Waals surface area contributed by atoms with Crippen LogP contribution in [0.3, 0.4) is 0 Å². The summed E-state index contributed by atoms with van der Waals surface area (Å²) in [6.07, 6.45) is 10.1. The number of nitrogens with one attached hydrogen (secondary N) is 1. The summed E-state index contributed by atoms with van der Waals surface area (Å²) in [7, 11) is 0. The van der Waals surface area contributed by atoms with E-state index in [0.717, 1.165) is 5.92 Å². The molecule has 1 aliphatic heterocycles. The molecule has 1 fully saturated rings. The Labute approximate surface area is 76.9 Å². The fraction of sp³-hybridized carbons (Fsp3) is 1.00. The predicted octanol–water partition coefficient (Wildman–Crippen LogP) is 2.96. The number of rotatable bonds is 0. The second-order valence-electron chi connectivity index (χ2n) is 4.22. The topological polar surface area (TPSA) is 12.0 Å². The van der Waals surface area contributed by atoms with Crippen molar-refractivity contribution in [2.24, 2.45) is 5.92 Å². The van der Waals surface area contributed by atoms with Crippen LogP contribution in [0.2, 0.25) is 0 Å². The second-order valence-corrected chi connectivity index (χ2v) is 4.22. The normalized spacial score (nSPS) is 29.2. The Kier molecular flexibility index (Phi) is 5.42. The molecule has 0 aromatic carbocycles. The van der Waals surface area contributed by atoms with E-state index in [1.165, 1.54) is 58.0 Å². The third-order valence-corrected chi connectivity index (χ3v) is 2.79. The number of hydrogen-bond acceptors (Lipinski definition) is 1. The molecule has 0 aliphatic carbocycles. The predicted molar refractivity (Wildman–Crippen MR) is 54.4 cm³/mol. The highest BCUT2D eigenvalue weighted by Gasteiger charge is 2.02. The van der Waals surface area contributed by atoms with Crippen molar-refractivity contribution in [1.29, 1.82) is 0 Å². The maximum atomic E-state index is 3.53. The molecule has 0 aromatic heterocycles. The molecule has 0 saturated carbocycles. The summed E-state index contributed by atoms with van der Waals surface area (Å²) in [5, 5.41) is 3.53. The molecule has 0 radical (unpaired) electrons. The maximum Gasteiger partial charge on any atom is -0.00232 e. The lowest BCUT2D eigenvalue weighted by Gasteiger charge is -2.10. The lowest BCUT2D eigenvalue weighted by molar-refractivity contribution is 0.463. The van der Waals surface area contributed by atoms with E-state index in [9.17, 15) is 0 Å². The van der Waals surface area contributed by atoms with E-state index >= 15 is 0 Å². The lowest BCUT2D eigenvalue weighted by atomic mass is 10.0. The van der Waals surface area contributed by atoms with Gasteiger partial charge in [-0.15, -0.1) is 0 Å². The average molecular weight is 169 g/mol. The van der Waals surface area contributed by atoms with E-state index in [1.54, 1.807) is 0 Å². The summed E-state index contributed by atoms with van der Waals surface area (Å²) in [5.74, 6) is 0.892. The molecule has 1 heterocycles. The van der Waals surface area contributed by atoms with Gasteiger partial charge in [-0.2, -0.15) is 0 Å². The smallest absolute Gasteiger partial charge is 0.00232 e. The van der Waals surface area contributed by atoms with Crippen molar-refractivity contribution in [3.63, 3.8) is 0 Å². The summed E-state index contributed by atoms with van der Waals surface area (Å²) in [6, 6.07) is 0. The molecule has 0 unspecified atom stereocenters. The SMILES string of the molecule is C[C@H]1CCCCCCCCNC1. The fourth-order valence-corrected chi connectivity index (χ4v) is 1.90. The summed E-state index contributed by atoms with van der Waals surface area (Å²) in [6.45, 7) is 4.84. The van der Waals surface area contributed by atoms with Crippen molar-refractivity contribution in [3.8, 4) is 0 Å². The van der Waals surface area contributed by atoms with E-state index in [0.29, 0.717) is 0 Å². The first-order chi connectivity index (χ1) is 5.89. The molecular weight excluding hydrogens is 146 g/mol. The molecule has 1 atom stereocenters. The van der Waals surface area contributed by atoms with Gasteiger partial charge in [0.2, 0.25) is 0 Å². The minimum atomic E-state index is 0.892. The van der Waals surface area contributed by atoms with Gasteiger partial charge >= 0.3 is 0 Å². The van der Waals surface area contributed by atoms with Crippen LogP contribution in [0.15, 0.2) is 0 Å². The van der Waals surface area contributed by atoms with Gasteiger partial charge in [0.05, 0.1) is 0 Å². The summed E-state index contributed by atoms with van der Waals surface area (Å²) >= 11 is 0. The van der Waals surface area contributed by atoms with Crippen LogP contribution in [0.25, 0.3) is 0 Å². The zero-order valence-corrected chi connectivity index (χ0v) is 8.44. The van der Waals surface area contributed by atoms with Crippen LogP contribution in [0.4, 0.5) is 0 Å². The molecule has 0 spiro atoms. The van der Waals surface area contributed by atoms with E-state index in [4.69, 9.17) is 0 Å². The van der Waals surface area contributed by atoms with Crippen molar-refractivity contribution in [2.45, 2.75) is 51.9 Å². The van der Waals surface area contributed by atoms with Gasteiger partial charge < -0.3 is 5.32 Å². The first kappa shape index (κ1) is 10.0. The van der Waals surface area contributed by atoms with Gasteiger partial charge in [-0.3, -0.25) is 0 Å². The quantitative estimate of drug-likeness (QED) is 0.588. The molecule has 0 amide bonds. The molecule has 0 aromatic rings. The van der Waals surface area contributed by atoms with Crippen molar-refractivity contribution in [3.05, 3.63) is 0 Å². The van der Waals surface area contributed by atoms with E-state index < -0.39 is 0 Å². The van der Waals surface area contributed by atoms with Gasteiger partial charge in [0.1, 0.15) is 0 Å². The lowest BCUT2D eigenvalue weighted by Crippen LogP contribution is -2.21. The minimum Gasteiger partial charge on any atom is -0.316 e. The van der Waals surface area contributed by atoms with Crippen LogP contribution in [0.5, 0.6) is 0 Å². The van der Waals surface area contributed by atoms with E-state index in [2.05, 4.69) is 12.2 Å². The Bertz CT molecular complexity index is 89.2. The van der Waals surface area contributed by atoms with Gasteiger partial charge in [0.15, 0.2) is 0 Å². The first-order valence-electron chi connectivity index (χ1n) is 5.60. The molecule has 72 valence electrons. The molecule has 1 aliphatic rings. The molecule has 1 heteroatoms. The maximum absolute atomic E-state index is 3.53. The standard InChI is InChI=1S/C11H23N/c1-11-8-6-4-2-3-5-7-9-12-10-11/h11-12H,2-10H2,1H3/t11-/m0/s1. The Morgan fingerprint density at radius 2 is 1.58 bits per heavy atom. The van der Waals surface area contributed by atoms with Gasteiger partial charge in [-0.05, 0) is 31.8 Å². The Balaban J connectivity index is 2.13. The summed E-state index contributed by atoms with van der Waals surface area (Å²) in [4.78, 5) is 0. The van der Waals surface area contributed by atoms with Crippen LogP contribution in [0, 0.1) is 5.92 Å². The van der Waals surface area contributed by atoms with Gasteiger partial charge in [-0.25, -0.2) is 0 Å². The molecule has 1 saturated heterocycles. The van der Waals surface area contributed by atoms with Crippen LogP contribution in [-0.4, -0.2) is 13.1 Å². The van der Waals surface area contributed by atoms with Gasteiger partial charge in [-0.1, -0.05) is 39.0 Å². The van der Waals surface area contributed by atoms with Crippen molar-refractivity contribution in [2.75, 3.05) is 13.1 Å². The highest BCUT2D eigenvalue weighted by Crippen LogP contribution is 2.12. The zero-order chi connectivity index (χ0) is 8.65. The monoisotopic (exact) mass is 169 g/mol. The van der Waals surface area contributed by atoms with Crippen LogP contribution < -0.4 is 5.32 Å². The van der Waals surface area contributed by atoms with Crippen LogP contribution in [-0.2, 0) is 0 Å². The average Bonchev–Trinajstić information content (AvgIpc) is 2.11. The Morgan fingerprint density at radius 1 is 0.917 bits per heavy atom. The first-order valence-corrected chi connectivity index (χ1v) is 5.60. The van der Waals surface area contributed by atoms with Crippen molar-refractivity contribution < 1.29 is 0 Å². The highest BCUT2D eigenvalue weighted by molar-refractivity contribution is 4.59. The summed E-state index contributed by atoms with van der Waals surface area (Å²) in [5.41, 5.74) is 0. The molecule has 12 heavy (non-hydrogen) atoms. The Hall–Kier alpha value is -0.0400. The Morgan fingerprint density at radius 3 is 2.42 bits per heavy atom. The van der Waals surface area contributed by atoms with Crippen molar-refractivity contribution >= 4 is 0 Å². The molecular formula is C11H23N. The fourth-order valence-electron chi connectivity index (χ4n) is 1.90. The molecule has 1 N–H and O–H groups in total. The van der Waals surface area contributed by atoms with Crippen LogP contribution >= 0.6 is 0 Å². The minimum absolute atomic E-state index is 0.892. The van der Waals surface area contributed by atoms with E-state index in [-0.39, 0.29) is 0 Å².